The quantitative estimate of drug-likeness (QED) is 0.788. The highest BCUT2D eigenvalue weighted by Gasteiger charge is 2.10. The highest BCUT2D eigenvalue weighted by atomic mass is 16.3. The molecule has 1 atom stereocenters. The first kappa shape index (κ1) is 12.7. The summed E-state index contributed by atoms with van der Waals surface area (Å²) in [5, 5.41) is 19.0. The molecule has 0 saturated heterocycles. The van der Waals surface area contributed by atoms with Crippen LogP contribution in [0.3, 0.4) is 0 Å². The second kappa shape index (κ2) is 5.38. The van der Waals surface area contributed by atoms with E-state index in [1.54, 1.807) is 17.1 Å². The molecule has 20 heavy (non-hydrogen) atoms. The van der Waals surface area contributed by atoms with Gasteiger partial charge in [0.05, 0.1) is 24.4 Å². The first-order chi connectivity index (χ1) is 9.78. The van der Waals surface area contributed by atoms with Gasteiger partial charge in [-0.3, -0.25) is 4.98 Å². The van der Waals surface area contributed by atoms with E-state index in [9.17, 15) is 5.11 Å². The van der Waals surface area contributed by atoms with Crippen LogP contribution >= 0.6 is 0 Å². The first-order valence-corrected chi connectivity index (χ1v) is 6.68. The number of nitrogens with zero attached hydrogens (tertiary/aromatic N) is 4. The number of hydrogen-bond donors (Lipinski definition) is 1. The highest BCUT2D eigenvalue weighted by Crippen LogP contribution is 2.18. The van der Waals surface area contributed by atoms with Crippen molar-refractivity contribution in [3.63, 3.8) is 0 Å². The van der Waals surface area contributed by atoms with Crippen molar-refractivity contribution in [1.82, 2.24) is 20.0 Å². The maximum atomic E-state index is 9.75. The van der Waals surface area contributed by atoms with Crippen LogP contribution in [0.2, 0.25) is 0 Å². The van der Waals surface area contributed by atoms with Gasteiger partial charge in [0.15, 0.2) is 0 Å². The van der Waals surface area contributed by atoms with E-state index in [-0.39, 0.29) is 0 Å². The van der Waals surface area contributed by atoms with Gasteiger partial charge in [0.2, 0.25) is 0 Å². The number of aliphatic hydroxyl groups is 1. The van der Waals surface area contributed by atoms with Gasteiger partial charge in [-0.15, -0.1) is 5.10 Å². The Morgan fingerprint density at radius 3 is 2.95 bits per heavy atom. The third-order valence-electron chi connectivity index (χ3n) is 3.36. The zero-order valence-electron chi connectivity index (χ0n) is 11.3. The molecular formula is C15H16N4O. The van der Waals surface area contributed by atoms with E-state index in [2.05, 4.69) is 21.4 Å². The van der Waals surface area contributed by atoms with Crippen molar-refractivity contribution in [3.05, 3.63) is 54.0 Å². The van der Waals surface area contributed by atoms with Crippen LogP contribution in [0.4, 0.5) is 0 Å². The summed E-state index contributed by atoms with van der Waals surface area (Å²) in [6, 6.07) is 10.0. The molecule has 5 nitrogen and oxygen atoms in total. The Kier molecular flexibility index (Phi) is 3.43. The molecule has 3 aromatic rings. The molecule has 0 amide bonds. The minimum Gasteiger partial charge on any atom is -0.387 e. The van der Waals surface area contributed by atoms with Gasteiger partial charge in [-0.05, 0) is 24.1 Å². The third kappa shape index (κ3) is 2.40. The minimum atomic E-state index is -0.544. The second-order valence-corrected chi connectivity index (χ2v) is 4.75. The Balaban J connectivity index is 1.91. The number of rotatable bonds is 4. The van der Waals surface area contributed by atoms with Crippen molar-refractivity contribution < 1.29 is 5.11 Å². The SMILES string of the molecule is CCC(O)c1cn(Cc2ccnc3ccccc23)nn1. The van der Waals surface area contributed by atoms with E-state index in [1.807, 2.05) is 31.2 Å². The second-order valence-electron chi connectivity index (χ2n) is 4.75. The van der Waals surface area contributed by atoms with E-state index in [4.69, 9.17) is 0 Å². The number of aromatic nitrogens is 4. The largest absolute Gasteiger partial charge is 0.387 e. The third-order valence-corrected chi connectivity index (χ3v) is 3.36. The van der Waals surface area contributed by atoms with Gasteiger partial charge >= 0.3 is 0 Å². The monoisotopic (exact) mass is 268 g/mol. The smallest absolute Gasteiger partial charge is 0.111 e. The van der Waals surface area contributed by atoms with Gasteiger partial charge in [0, 0.05) is 11.6 Å². The Labute approximate surface area is 116 Å². The average Bonchev–Trinajstić information content (AvgIpc) is 2.95. The molecule has 1 unspecified atom stereocenters. The normalized spacial score (nSPS) is 12.7. The maximum absolute atomic E-state index is 9.75. The molecule has 102 valence electrons. The molecule has 0 bridgehead atoms. The van der Waals surface area contributed by atoms with Crippen molar-refractivity contribution >= 4 is 10.9 Å². The van der Waals surface area contributed by atoms with Crippen LogP contribution in [-0.2, 0) is 6.54 Å². The highest BCUT2D eigenvalue weighted by molar-refractivity contribution is 5.81. The molecule has 0 saturated carbocycles. The van der Waals surface area contributed by atoms with Crippen molar-refractivity contribution in [2.45, 2.75) is 26.0 Å². The summed E-state index contributed by atoms with van der Waals surface area (Å²) in [5.41, 5.74) is 2.72. The van der Waals surface area contributed by atoms with Gasteiger partial charge in [-0.25, -0.2) is 4.68 Å². The number of fused-ring (bicyclic) bond motifs is 1. The summed E-state index contributed by atoms with van der Waals surface area (Å²) >= 11 is 0. The summed E-state index contributed by atoms with van der Waals surface area (Å²) in [6.07, 6.45) is 3.69. The fraction of sp³-hybridized carbons (Fsp3) is 0.267. The predicted molar refractivity (Wildman–Crippen MR) is 76.1 cm³/mol. The molecule has 0 aliphatic rings. The summed E-state index contributed by atoms with van der Waals surface area (Å²) in [7, 11) is 0. The predicted octanol–water partition coefficient (Wildman–Crippen LogP) is 2.32. The fourth-order valence-electron chi connectivity index (χ4n) is 2.22. The van der Waals surface area contributed by atoms with Gasteiger partial charge in [0.25, 0.3) is 0 Å². The average molecular weight is 268 g/mol. The molecule has 0 spiro atoms. The topological polar surface area (TPSA) is 63.8 Å². The lowest BCUT2D eigenvalue weighted by Gasteiger charge is -2.05. The van der Waals surface area contributed by atoms with E-state index in [0.29, 0.717) is 18.7 Å². The number of benzene rings is 1. The Hall–Kier alpha value is -2.27. The van der Waals surface area contributed by atoms with Crippen LogP contribution in [0, 0.1) is 0 Å². The molecule has 0 aliphatic heterocycles. The molecule has 0 aliphatic carbocycles. The molecule has 5 heteroatoms. The number of hydrogen-bond acceptors (Lipinski definition) is 4. The number of pyridine rings is 1. The molecule has 2 aromatic heterocycles. The van der Waals surface area contributed by atoms with Crippen LogP contribution in [0.15, 0.2) is 42.7 Å². The number of para-hydroxylation sites is 1. The van der Waals surface area contributed by atoms with Crippen LogP contribution in [-0.4, -0.2) is 25.1 Å². The maximum Gasteiger partial charge on any atom is 0.111 e. The zero-order chi connectivity index (χ0) is 13.9. The van der Waals surface area contributed by atoms with Crippen LogP contribution in [0.5, 0.6) is 0 Å². The van der Waals surface area contributed by atoms with Crippen molar-refractivity contribution in [3.8, 4) is 0 Å². The van der Waals surface area contributed by atoms with Crippen LogP contribution in [0.25, 0.3) is 10.9 Å². The lowest BCUT2D eigenvalue weighted by atomic mass is 10.1. The molecule has 0 radical (unpaired) electrons. The number of aliphatic hydroxyl groups excluding tert-OH is 1. The van der Waals surface area contributed by atoms with E-state index >= 15 is 0 Å². The van der Waals surface area contributed by atoms with Crippen molar-refractivity contribution in [1.29, 1.82) is 0 Å². The summed E-state index contributed by atoms with van der Waals surface area (Å²) in [6.45, 7) is 2.53. The van der Waals surface area contributed by atoms with E-state index in [0.717, 1.165) is 16.5 Å². The van der Waals surface area contributed by atoms with Crippen molar-refractivity contribution in [2.24, 2.45) is 0 Å². The Bertz CT molecular complexity index is 717. The summed E-state index contributed by atoms with van der Waals surface area (Å²) in [5.74, 6) is 0. The van der Waals surface area contributed by atoms with Crippen LogP contribution in [0.1, 0.15) is 30.7 Å². The molecule has 3 rings (SSSR count). The molecule has 0 fully saturated rings. The molecule has 2 heterocycles. The van der Waals surface area contributed by atoms with Gasteiger partial charge in [-0.2, -0.15) is 0 Å². The zero-order valence-corrected chi connectivity index (χ0v) is 11.3. The first-order valence-electron chi connectivity index (χ1n) is 6.68. The van der Waals surface area contributed by atoms with Crippen LogP contribution < -0.4 is 0 Å². The Morgan fingerprint density at radius 2 is 2.10 bits per heavy atom. The standard InChI is InChI=1S/C15H16N4O/c1-2-15(20)14-10-19(18-17-14)9-11-7-8-16-13-6-4-3-5-12(11)13/h3-8,10,15,20H,2,9H2,1H3. The summed E-state index contributed by atoms with van der Waals surface area (Å²) in [4.78, 5) is 4.34. The Morgan fingerprint density at radius 1 is 1.25 bits per heavy atom. The van der Waals surface area contributed by atoms with E-state index in [1.165, 1.54) is 0 Å². The molecular weight excluding hydrogens is 252 g/mol. The van der Waals surface area contributed by atoms with Crippen molar-refractivity contribution in [2.75, 3.05) is 0 Å². The van der Waals surface area contributed by atoms with Gasteiger partial charge in [0.1, 0.15) is 5.69 Å². The molecule has 1 N–H and O–H groups in total. The lowest BCUT2D eigenvalue weighted by molar-refractivity contribution is 0.168. The molecule has 1 aromatic carbocycles. The fourth-order valence-corrected chi connectivity index (χ4v) is 2.22. The van der Waals surface area contributed by atoms with E-state index < -0.39 is 6.10 Å². The lowest BCUT2D eigenvalue weighted by Crippen LogP contribution is -2.01. The summed E-state index contributed by atoms with van der Waals surface area (Å²) < 4.78 is 1.75. The minimum absolute atomic E-state index is 0.544. The van der Waals surface area contributed by atoms with Gasteiger partial charge in [-0.1, -0.05) is 30.3 Å². The van der Waals surface area contributed by atoms with Gasteiger partial charge < -0.3 is 5.11 Å².